The summed E-state index contributed by atoms with van der Waals surface area (Å²) < 4.78 is 51.3. The lowest BCUT2D eigenvalue weighted by molar-refractivity contribution is -0.137. The zero-order valence-electron chi connectivity index (χ0n) is 36.5. The molecule has 4 atom stereocenters. The van der Waals surface area contributed by atoms with Gasteiger partial charge in [0, 0.05) is 55.9 Å². The molecule has 2 aromatic rings. The molecule has 5 amide bonds. The third-order valence-electron chi connectivity index (χ3n) is 11.4. The van der Waals surface area contributed by atoms with E-state index in [0.717, 1.165) is 25.1 Å². The van der Waals surface area contributed by atoms with Crippen molar-refractivity contribution in [2.24, 2.45) is 11.8 Å². The fourth-order valence-corrected chi connectivity index (χ4v) is 8.26. The van der Waals surface area contributed by atoms with Crippen LogP contribution in [0.3, 0.4) is 0 Å². The number of nitrogens with one attached hydrogen (secondary N) is 6. The van der Waals surface area contributed by atoms with Crippen LogP contribution in [0, 0.1) is 11.8 Å². The van der Waals surface area contributed by atoms with Crippen LogP contribution in [0.25, 0.3) is 10.9 Å². The topological polar surface area (TPSA) is 205 Å². The third kappa shape index (κ3) is 14.7. The number of ether oxygens (including phenoxy) is 2. The number of hydrogen-bond acceptors (Lipinski definition) is 11. The molecular formula is C43H64F3N9O7. The van der Waals surface area contributed by atoms with Gasteiger partial charge in [0.15, 0.2) is 0 Å². The zero-order chi connectivity index (χ0) is 45.0. The van der Waals surface area contributed by atoms with Crippen molar-refractivity contribution in [2.75, 3.05) is 44.7 Å². The maximum atomic E-state index is 14.0. The van der Waals surface area contributed by atoms with Crippen molar-refractivity contribution < 1.29 is 46.6 Å². The van der Waals surface area contributed by atoms with Crippen LogP contribution >= 0.6 is 0 Å². The fraction of sp³-hybridized carbons (Fsp3) is 0.698. The maximum Gasteiger partial charge on any atom is 0.416 e. The molecule has 16 nitrogen and oxygen atoms in total. The van der Waals surface area contributed by atoms with E-state index in [0.29, 0.717) is 62.9 Å². The van der Waals surface area contributed by atoms with E-state index in [2.05, 4.69) is 55.7 Å². The number of hydrogen-bond donors (Lipinski definition) is 6. The van der Waals surface area contributed by atoms with Crippen LogP contribution in [0.1, 0.15) is 104 Å². The highest BCUT2D eigenvalue weighted by molar-refractivity contribution is 5.93. The van der Waals surface area contributed by atoms with Gasteiger partial charge in [0.1, 0.15) is 23.8 Å². The molecule has 1 aliphatic heterocycles. The summed E-state index contributed by atoms with van der Waals surface area (Å²) in [5, 5.41) is 18.5. The number of likely N-dealkylation sites (tertiary alicyclic amines) is 1. The number of rotatable bonds is 18. The Morgan fingerprint density at radius 1 is 0.871 bits per heavy atom. The molecule has 5 rings (SSSR count). The molecule has 62 heavy (non-hydrogen) atoms. The van der Waals surface area contributed by atoms with Gasteiger partial charge < -0.3 is 46.3 Å². The molecule has 1 saturated heterocycles. The number of aromatic nitrogens is 2. The third-order valence-corrected chi connectivity index (χ3v) is 11.4. The first kappa shape index (κ1) is 48.3. The number of benzene rings is 1. The zero-order valence-corrected chi connectivity index (χ0v) is 36.5. The first-order chi connectivity index (χ1) is 29.4. The van der Waals surface area contributed by atoms with Crippen LogP contribution in [0.15, 0.2) is 24.5 Å². The first-order valence-corrected chi connectivity index (χ1v) is 21.9. The molecule has 1 aromatic heterocycles. The Balaban J connectivity index is 1.05. The summed E-state index contributed by atoms with van der Waals surface area (Å²) in [5.74, 6) is -0.287. The number of alkyl halides is 3. The second kappa shape index (κ2) is 22.0. The van der Waals surface area contributed by atoms with E-state index in [1.807, 2.05) is 4.90 Å². The summed E-state index contributed by atoms with van der Waals surface area (Å²) in [4.78, 5) is 74.3. The van der Waals surface area contributed by atoms with Crippen molar-refractivity contribution in [2.45, 2.75) is 141 Å². The van der Waals surface area contributed by atoms with E-state index in [4.69, 9.17) is 9.47 Å². The first-order valence-electron chi connectivity index (χ1n) is 21.9. The number of amides is 5. The predicted molar refractivity (Wildman–Crippen MR) is 226 cm³/mol. The average molecular weight is 876 g/mol. The molecule has 344 valence electrons. The molecule has 2 aliphatic carbocycles. The van der Waals surface area contributed by atoms with Crippen LogP contribution in [0.4, 0.5) is 23.8 Å². The minimum Gasteiger partial charge on any atom is -0.444 e. The molecule has 19 heteroatoms. The van der Waals surface area contributed by atoms with Gasteiger partial charge in [0.2, 0.25) is 23.6 Å². The Bertz CT molecular complexity index is 1850. The standard InChI is InChI=1S/C43H64F3N9O7/c1-26(2)24-49-30-11-13-35(55-19-15-33(40(55)59)53-38-31-22-28(43(44,45)46)8-12-32(31)50-25-51-38)34(23-30)54-39(58)27-6-9-29(10-7-27)52-37(57)16-20-61-21-18-47-36(56)14-17-48-41(60)62-42(3,4)5/h8,12,22,25-27,29-30,33-35,49H,6-7,9-11,13-21,23-24H2,1-5H3,(H,47,56)(H,48,60)(H,52,57)(H,54,58)(H,50,51,53)/t27?,29?,30-,33+,34-,35+/m1/s1. The van der Waals surface area contributed by atoms with Gasteiger partial charge in [0.25, 0.3) is 0 Å². The van der Waals surface area contributed by atoms with Crippen LogP contribution in [-0.4, -0.2) is 120 Å². The molecule has 2 heterocycles. The summed E-state index contributed by atoms with van der Waals surface area (Å²) in [6.45, 7) is 11.6. The summed E-state index contributed by atoms with van der Waals surface area (Å²) in [5.41, 5.74) is -1.12. The van der Waals surface area contributed by atoms with Gasteiger partial charge in [-0.15, -0.1) is 0 Å². The van der Waals surface area contributed by atoms with Crippen molar-refractivity contribution in [3.05, 3.63) is 30.1 Å². The van der Waals surface area contributed by atoms with Crippen molar-refractivity contribution in [3.63, 3.8) is 0 Å². The summed E-state index contributed by atoms with van der Waals surface area (Å²) in [6, 6.07) is 2.10. The van der Waals surface area contributed by atoms with E-state index in [-0.39, 0.29) is 104 Å². The second-order valence-electron chi connectivity index (χ2n) is 18.0. The Morgan fingerprint density at radius 3 is 2.32 bits per heavy atom. The van der Waals surface area contributed by atoms with E-state index in [1.165, 1.54) is 12.4 Å². The van der Waals surface area contributed by atoms with Crippen LogP contribution < -0.4 is 31.9 Å². The molecule has 2 saturated carbocycles. The number of nitrogens with zero attached hydrogens (tertiary/aromatic N) is 3. The second-order valence-corrected chi connectivity index (χ2v) is 18.0. The predicted octanol–water partition coefficient (Wildman–Crippen LogP) is 4.43. The lowest BCUT2D eigenvalue weighted by Crippen LogP contribution is -2.59. The molecule has 0 radical (unpaired) electrons. The van der Waals surface area contributed by atoms with Gasteiger partial charge in [-0.25, -0.2) is 14.8 Å². The lowest BCUT2D eigenvalue weighted by Gasteiger charge is -2.42. The van der Waals surface area contributed by atoms with Gasteiger partial charge >= 0.3 is 12.3 Å². The van der Waals surface area contributed by atoms with Crippen molar-refractivity contribution in [3.8, 4) is 0 Å². The molecule has 0 unspecified atom stereocenters. The summed E-state index contributed by atoms with van der Waals surface area (Å²) >= 11 is 0. The van der Waals surface area contributed by atoms with E-state index < -0.39 is 29.5 Å². The molecule has 3 fully saturated rings. The number of carbonyl (C=O) groups excluding carboxylic acids is 5. The molecule has 6 N–H and O–H groups in total. The molecule has 0 spiro atoms. The van der Waals surface area contributed by atoms with E-state index in [1.54, 1.807) is 20.8 Å². The van der Waals surface area contributed by atoms with Crippen molar-refractivity contribution in [1.82, 2.24) is 41.5 Å². The van der Waals surface area contributed by atoms with Gasteiger partial charge in [0.05, 0.1) is 36.4 Å². The highest BCUT2D eigenvalue weighted by Crippen LogP contribution is 2.34. The van der Waals surface area contributed by atoms with Gasteiger partial charge in [-0.05, 0) is 103 Å². The Labute approximate surface area is 361 Å². The van der Waals surface area contributed by atoms with Crippen LogP contribution in [0.2, 0.25) is 0 Å². The normalized spacial score (nSPS) is 23.2. The minimum atomic E-state index is -4.55. The fourth-order valence-electron chi connectivity index (χ4n) is 8.26. The SMILES string of the molecule is CC(C)CN[C@@H]1CC[C@H](N2CC[C@H](Nc3ncnc4ccc(C(F)(F)F)cc34)C2=O)[C@H](NC(=O)C2CCC(NC(=O)CCOCCNC(=O)CCNC(=O)OC(C)(C)C)CC2)C1. The van der Waals surface area contributed by atoms with Crippen molar-refractivity contribution in [1.29, 1.82) is 0 Å². The van der Waals surface area contributed by atoms with Crippen LogP contribution in [-0.2, 0) is 34.8 Å². The van der Waals surface area contributed by atoms with E-state index >= 15 is 0 Å². The highest BCUT2D eigenvalue weighted by Gasteiger charge is 2.43. The van der Waals surface area contributed by atoms with E-state index in [9.17, 15) is 37.1 Å². The number of fused-ring (bicyclic) bond motifs is 1. The highest BCUT2D eigenvalue weighted by atomic mass is 19.4. The summed E-state index contributed by atoms with van der Waals surface area (Å²) in [6.07, 6.45) is 1.44. The lowest BCUT2D eigenvalue weighted by atomic mass is 9.83. The van der Waals surface area contributed by atoms with Gasteiger partial charge in [-0.1, -0.05) is 13.8 Å². The number of alkyl carbamates (subject to hydrolysis) is 1. The molecule has 0 bridgehead atoms. The quantitative estimate of drug-likeness (QED) is 0.116. The number of carbonyl (C=O) groups is 5. The average Bonchev–Trinajstić information content (AvgIpc) is 3.56. The molecular weight excluding hydrogens is 812 g/mol. The van der Waals surface area contributed by atoms with Gasteiger partial charge in [-0.2, -0.15) is 13.2 Å². The Morgan fingerprint density at radius 2 is 1.61 bits per heavy atom. The minimum absolute atomic E-state index is 0.0640. The number of anilines is 1. The largest absolute Gasteiger partial charge is 0.444 e. The smallest absolute Gasteiger partial charge is 0.416 e. The monoisotopic (exact) mass is 875 g/mol. The molecule has 1 aromatic carbocycles. The molecule has 3 aliphatic rings. The number of halogens is 3. The Hall–Kier alpha value is -4.78. The Kier molecular flexibility index (Phi) is 17.1. The maximum absolute atomic E-state index is 14.0. The summed E-state index contributed by atoms with van der Waals surface area (Å²) in [7, 11) is 0. The van der Waals surface area contributed by atoms with Crippen molar-refractivity contribution >= 4 is 46.4 Å². The van der Waals surface area contributed by atoms with Crippen LogP contribution in [0.5, 0.6) is 0 Å². The van der Waals surface area contributed by atoms with Gasteiger partial charge in [-0.3, -0.25) is 19.2 Å².